The van der Waals surface area contributed by atoms with Crippen LogP contribution in [0.1, 0.15) is 16.5 Å². The maximum atomic E-state index is 5.79. The highest BCUT2D eigenvalue weighted by Gasteiger charge is 2.19. The highest BCUT2D eigenvalue weighted by atomic mass is 79.9. The maximum absolute atomic E-state index is 5.79. The predicted molar refractivity (Wildman–Crippen MR) is 90.6 cm³/mol. The van der Waals surface area contributed by atoms with E-state index in [0.29, 0.717) is 0 Å². The second kappa shape index (κ2) is 5.91. The Morgan fingerprint density at radius 2 is 2.00 bits per heavy atom. The molecule has 3 aromatic rings. The van der Waals surface area contributed by atoms with Gasteiger partial charge in [-0.1, -0.05) is 24.3 Å². The normalized spacial score (nSPS) is 12.8. The fourth-order valence-electron chi connectivity index (χ4n) is 2.19. The number of thiophene rings is 1. The summed E-state index contributed by atoms with van der Waals surface area (Å²) in [4.78, 5) is 5.62. The van der Waals surface area contributed by atoms with Crippen LogP contribution >= 0.6 is 43.2 Å². The van der Waals surface area contributed by atoms with E-state index < -0.39 is 0 Å². The molecule has 0 aliphatic rings. The molecule has 0 fully saturated rings. The fraction of sp³-hybridized carbons (Fsp3) is 0.0714. The van der Waals surface area contributed by atoms with Gasteiger partial charge in [0.1, 0.15) is 0 Å². The summed E-state index contributed by atoms with van der Waals surface area (Å²) in [7, 11) is 0. The number of halogens is 2. The van der Waals surface area contributed by atoms with Crippen LogP contribution in [0, 0.1) is 0 Å². The lowest BCUT2D eigenvalue weighted by molar-refractivity contribution is 0.649. The Kier molecular flexibility index (Phi) is 4.18. The number of nitrogens with zero attached hydrogens (tertiary/aromatic N) is 1. The number of aromatic nitrogens is 1. The second-order valence-corrected chi connectivity index (χ2v) is 7.55. The molecule has 0 saturated heterocycles. The van der Waals surface area contributed by atoms with Gasteiger partial charge in [0.25, 0.3) is 0 Å². The van der Waals surface area contributed by atoms with Gasteiger partial charge in [0.15, 0.2) is 0 Å². The quantitative estimate of drug-likeness (QED) is 0.495. The van der Waals surface area contributed by atoms with Crippen LogP contribution in [0.2, 0.25) is 0 Å². The summed E-state index contributed by atoms with van der Waals surface area (Å²) in [6.45, 7) is 0. The van der Waals surface area contributed by atoms with Gasteiger partial charge in [0.2, 0.25) is 0 Å². The number of nitrogens with one attached hydrogen (secondary N) is 1. The highest BCUT2D eigenvalue weighted by Crippen LogP contribution is 2.38. The van der Waals surface area contributed by atoms with Crippen molar-refractivity contribution in [1.82, 2.24) is 10.4 Å². The highest BCUT2D eigenvalue weighted by molar-refractivity contribution is 9.13. The molecule has 2 aromatic heterocycles. The second-order valence-electron chi connectivity index (χ2n) is 4.29. The molecule has 102 valence electrons. The first-order valence-electron chi connectivity index (χ1n) is 5.95. The van der Waals surface area contributed by atoms with Crippen LogP contribution in [0.25, 0.3) is 10.9 Å². The van der Waals surface area contributed by atoms with E-state index in [0.717, 1.165) is 29.6 Å². The van der Waals surface area contributed by atoms with Crippen molar-refractivity contribution >= 4 is 54.1 Å². The smallest absolute Gasteiger partial charge is 0.0843 e. The van der Waals surface area contributed by atoms with E-state index in [1.165, 1.54) is 0 Å². The number of hydrazine groups is 1. The summed E-state index contributed by atoms with van der Waals surface area (Å²) in [5.41, 5.74) is 4.94. The summed E-state index contributed by atoms with van der Waals surface area (Å²) in [5.74, 6) is 5.79. The molecule has 0 aliphatic carbocycles. The molecule has 0 saturated carbocycles. The number of nitrogens with two attached hydrogens (primary N) is 1. The third-order valence-electron chi connectivity index (χ3n) is 3.09. The Morgan fingerprint density at radius 3 is 2.70 bits per heavy atom. The molecular formula is C14H11Br2N3S. The Balaban J connectivity index is 2.16. The van der Waals surface area contributed by atoms with Crippen LogP contribution in [0.3, 0.4) is 0 Å². The Labute approximate surface area is 137 Å². The monoisotopic (exact) mass is 411 g/mol. The lowest BCUT2D eigenvalue weighted by Crippen LogP contribution is -2.28. The molecule has 3 N–H and O–H groups in total. The molecule has 1 unspecified atom stereocenters. The van der Waals surface area contributed by atoms with Crippen molar-refractivity contribution in [2.45, 2.75) is 6.04 Å². The summed E-state index contributed by atoms with van der Waals surface area (Å²) in [5, 5.41) is 1.11. The zero-order valence-electron chi connectivity index (χ0n) is 10.3. The molecule has 3 rings (SSSR count). The van der Waals surface area contributed by atoms with Gasteiger partial charge < -0.3 is 0 Å². The first-order chi connectivity index (χ1) is 9.70. The third-order valence-corrected chi connectivity index (χ3v) is 6.41. The van der Waals surface area contributed by atoms with E-state index in [4.69, 9.17) is 5.84 Å². The molecule has 20 heavy (non-hydrogen) atoms. The van der Waals surface area contributed by atoms with E-state index in [-0.39, 0.29) is 6.04 Å². The van der Waals surface area contributed by atoms with Gasteiger partial charge in [-0.25, -0.2) is 5.43 Å². The zero-order chi connectivity index (χ0) is 14.1. The van der Waals surface area contributed by atoms with Crippen LogP contribution < -0.4 is 11.3 Å². The molecule has 0 radical (unpaired) electrons. The SMILES string of the molecule is NNC(c1cc(Br)c(Br)s1)c1cccc2cccnc12. The van der Waals surface area contributed by atoms with Crippen LogP contribution in [0.15, 0.2) is 50.9 Å². The van der Waals surface area contributed by atoms with Crippen LogP contribution in [-0.2, 0) is 0 Å². The van der Waals surface area contributed by atoms with Gasteiger partial charge in [0.05, 0.1) is 15.3 Å². The van der Waals surface area contributed by atoms with Gasteiger partial charge >= 0.3 is 0 Å². The van der Waals surface area contributed by atoms with Crippen molar-refractivity contribution < 1.29 is 0 Å². The first-order valence-corrected chi connectivity index (χ1v) is 8.35. The standard InChI is InChI=1S/C14H11Br2N3S/c15-10-7-11(20-14(10)16)13(19-17)9-5-1-3-8-4-2-6-18-12(8)9/h1-7,13,19H,17H2. The average molecular weight is 413 g/mol. The number of fused-ring (bicyclic) bond motifs is 1. The Morgan fingerprint density at radius 1 is 1.20 bits per heavy atom. The lowest BCUT2D eigenvalue weighted by Gasteiger charge is -2.16. The zero-order valence-corrected chi connectivity index (χ0v) is 14.3. The molecule has 0 bridgehead atoms. The van der Waals surface area contributed by atoms with Gasteiger partial charge in [0, 0.05) is 26.5 Å². The largest absolute Gasteiger partial charge is 0.271 e. The summed E-state index contributed by atoms with van der Waals surface area (Å²) in [6.07, 6.45) is 1.81. The summed E-state index contributed by atoms with van der Waals surface area (Å²) in [6, 6.07) is 12.1. The minimum absolute atomic E-state index is 0.0822. The predicted octanol–water partition coefficient (Wildman–Crippen LogP) is 4.37. The fourth-order valence-corrected chi connectivity index (χ4v) is 4.36. The van der Waals surface area contributed by atoms with Crippen molar-refractivity contribution in [3.8, 4) is 0 Å². The number of hydrogen-bond acceptors (Lipinski definition) is 4. The van der Waals surface area contributed by atoms with E-state index in [1.54, 1.807) is 17.5 Å². The van der Waals surface area contributed by atoms with Gasteiger partial charge in [-0.15, -0.1) is 11.3 Å². The molecule has 1 atom stereocenters. The molecular weight excluding hydrogens is 402 g/mol. The number of pyridine rings is 1. The van der Waals surface area contributed by atoms with Gasteiger partial charge in [-0.05, 0) is 44.0 Å². The molecule has 3 nitrogen and oxygen atoms in total. The van der Waals surface area contributed by atoms with Crippen molar-refractivity contribution in [3.05, 3.63) is 61.3 Å². The minimum atomic E-state index is -0.0822. The molecule has 0 aliphatic heterocycles. The van der Waals surface area contributed by atoms with Crippen molar-refractivity contribution in [2.75, 3.05) is 0 Å². The van der Waals surface area contributed by atoms with Crippen LogP contribution in [0.4, 0.5) is 0 Å². The molecule has 0 amide bonds. The van der Waals surface area contributed by atoms with E-state index in [1.807, 2.05) is 12.1 Å². The summed E-state index contributed by atoms with van der Waals surface area (Å²) < 4.78 is 2.09. The van der Waals surface area contributed by atoms with Crippen molar-refractivity contribution in [2.24, 2.45) is 5.84 Å². The molecule has 6 heteroatoms. The maximum Gasteiger partial charge on any atom is 0.0843 e. The Bertz CT molecular complexity index is 732. The van der Waals surface area contributed by atoms with Crippen LogP contribution in [0.5, 0.6) is 0 Å². The van der Waals surface area contributed by atoms with Crippen molar-refractivity contribution in [3.63, 3.8) is 0 Å². The topological polar surface area (TPSA) is 50.9 Å². The molecule has 0 spiro atoms. The molecule has 1 aromatic carbocycles. The number of hydrogen-bond donors (Lipinski definition) is 2. The third kappa shape index (κ3) is 2.54. The van der Waals surface area contributed by atoms with E-state index in [9.17, 15) is 0 Å². The Hall–Kier alpha value is -0.790. The number of para-hydroxylation sites is 1. The van der Waals surface area contributed by atoms with Gasteiger partial charge in [-0.3, -0.25) is 10.8 Å². The van der Waals surface area contributed by atoms with Gasteiger partial charge in [-0.2, -0.15) is 0 Å². The number of benzene rings is 1. The number of rotatable bonds is 3. The van der Waals surface area contributed by atoms with Crippen LogP contribution in [-0.4, -0.2) is 4.98 Å². The lowest BCUT2D eigenvalue weighted by atomic mass is 10.0. The minimum Gasteiger partial charge on any atom is -0.271 e. The van der Waals surface area contributed by atoms with Crippen molar-refractivity contribution in [1.29, 1.82) is 0 Å². The first kappa shape index (κ1) is 14.2. The average Bonchev–Trinajstić information content (AvgIpc) is 2.79. The summed E-state index contributed by atoms with van der Waals surface area (Å²) >= 11 is 8.69. The van der Waals surface area contributed by atoms with E-state index >= 15 is 0 Å². The van der Waals surface area contributed by atoms with E-state index in [2.05, 4.69) is 66.5 Å². The molecule has 2 heterocycles.